The SMILES string of the molecule is COc1ccc(C(=O)Nc2c(-c3ccccc3)c(=O)c(C)nn2-c2ccccc2)cc1. The molecular weight excluding hydrogens is 390 g/mol. The molecule has 3 aromatic carbocycles. The molecule has 0 aliphatic rings. The first-order valence-corrected chi connectivity index (χ1v) is 9.78. The van der Waals surface area contributed by atoms with E-state index >= 15 is 0 Å². The van der Waals surface area contributed by atoms with Crippen LogP contribution in [0.3, 0.4) is 0 Å². The average Bonchev–Trinajstić information content (AvgIpc) is 2.82. The predicted octanol–water partition coefficient (Wildman–Crippen LogP) is 4.47. The second kappa shape index (κ2) is 8.67. The van der Waals surface area contributed by atoms with E-state index in [1.54, 1.807) is 43.0 Å². The minimum atomic E-state index is -0.352. The van der Waals surface area contributed by atoms with E-state index in [1.807, 2.05) is 60.7 Å². The number of nitrogens with zero attached hydrogens (tertiary/aromatic N) is 2. The number of anilines is 1. The lowest BCUT2D eigenvalue weighted by atomic mass is 10.0. The molecular formula is C25H21N3O3. The maximum atomic E-state index is 13.1. The van der Waals surface area contributed by atoms with Crippen LogP contribution in [-0.4, -0.2) is 22.8 Å². The van der Waals surface area contributed by atoms with Crippen molar-refractivity contribution in [1.29, 1.82) is 0 Å². The maximum absolute atomic E-state index is 13.1. The van der Waals surface area contributed by atoms with E-state index in [0.29, 0.717) is 34.0 Å². The van der Waals surface area contributed by atoms with Crippen LogP contribution in [0, 0.1) is 6.92 Å². The van der Waals surface area contributed by atoms with Crippen molar-refractivity contribution in [2.45, 2.75) is 6.92 Å². The Morgan fingerprint density at radius 2 is 1.52 bits per heavy atom. The number of methoxy groups -OCH3 is 1. The number of amides is 1. The molecule has 31 heavy (non-hydrogen) atoms. The van der Waals surface area contributed by atoms with Crippen molar-refractivity contribution in [3.8, 4) is 22.6 Å². The minimum Gasteiger partial charge on any atom is -0.497 e. The van der Waals surface area contributed by atoms with Crippen LogP contribution < -0.4 is 15.5 Å². The monoisotopic (exact) mass is 411 g/mol. The number of rotatable bonds is 5. The van der Waals surface area contributed by atoms with E-state index in [2.05, 4.69) is 10.4 Å². The largest absolute Gasteiger partial charge is 0.497 e. The number of carbonyl (C=O) groups is 1. The van der Waals surface area contributed by atoms with Gasteiger partial charge < -0.3 is 10.1 Å². The molecule has 0 radical (unpaired) electrons. The molecule has 0 spiro atoms. The molecule has 0 fully saturated rings. The number of aromatic nitrogens is 2. The summed E-state index contributed by atoms with van der Waals surface area (Å²) in [6.07, 6.45) is 0. The predicted molar refractivity (Wildman–Crippen MR) is 121 cm³/mol. The molecule has 4 rings (SSSR count). The molecule has 6 heteroatoms. The molecule has 154 valence electrons. The van der Waals surface area contributed by atoms with Crippen LogP contribution in [0.4, 0.5) is 5.82 Å². The van der Waals surface area contributed by atoms with Gasteiger partial charge in [0, 0.05) is 5.56 Å². The molecule has 0 unspecified atom stereocenters. The number of ether oxygens (including phenoxy) is 1. The number of nitrogens with one attached hydrogen (secondary N) is 1. The van der Waals surface area contributed by atoms with Gasteiger partial charge in [0.1, 0.15) is 17.3 Å². The summed E-state index contributed by atoms with van der Waals surface area (Å²) in [5.74, 6) is 0.614. The molecule has 0 bridgehead atoms. The highest BCUT2D eigenvalue weighted by Crippen LogP contribution is 2.27. The Hall–Kier alpha value is -4.19. The molecule has 1 heterocycles. The summed E-state index contributed by atoms with van der Waals surface area (Å²) < 4.78 is 6.76. The number of hydrogen-bond acceptors (Lipinski definition) is 4. The normalized spacial score (nSPS) is 10.5. The highest BCUT2D eigenvalue weighted by atomic mass is 16.5. The fourth-order valence-electron chi connectivity index (χ4n) is 3.31. The van der Waals surface area contributed by atoms with Gasteiger partial charge in [0.25, 0.3) is 5.91 Å². The maximum Gasteiger partial charge on any atom is 0.256 e. The summed E-state index contributed by atoms with van der Waals surface area (Å²) in [4.78, 5) is 26.2. The number of carbonyl (C=O) groups excluding carboxylic acids is 1. The molecule has 0 aliphatic carbocycles. The van der Waals surface area contributed by atoms with Crippen molar-refractivity contribution in [3.63, 3.8) is 0 Å². The van der Waals surface area contributed by atoms with Gasteiger partial charge in [-0.05, 0) is 48.9 Å². The van der Waals surface area contributed by atoms with Crippen LogP contribution in [0.25, 0.3) is 16.8 Å². The Morgan fingerprint density at radius 3 is 2.13 bits per heavy atom. The molecule has 0 atom stereocenters. The standard InChI is InChI=1S/C25H21N3O3/c1-17-23(29)22(18-9-5-3-6-10-18)24(28(27-17)20-11-7-4-8-12-20)26-25(30)19-13-15-21(31-2)16-14-19/h3-16H,1-2H3,(H,26,30). The Bertz CT molecular complexity index is 1270. The molecule has 6 nitrogen and oxygen atoms in total. The van der Waals surface area contributed by atoms with Crippen LogP contribution in [0.5, 0.6) is 5.75 Å². The summed E-state index contributed by atoms with van der Waals surface area (Å²) in [5, 5.41) is 7.39. The molecule has 4 aromatic rings. The fourth-order valence-corrected chi connectivity index (χ4v) is 3.31. The van der Waals surface area contributed by atoms with Gasteiger partial charge in [-0.3, -0.25) is 9.59 Å². The topological polar surface area (TPSA) is 73.2 Å². The molecule has 0 aliphatic heterocycles. The van der Waals surface area contributed by atoms with Gasteiger partial charge in [-0.25, -0.2) is 4.68 Å². The highest BCUT2D eigenvalue weighted by Gasteiger charge is 2.20. The summed E-state index contributed by atoms with van der Waals surface area (Å²) in [6, 6.07) is 25.4. The van der Waals surface area contributed by atoms with Crippen molar-refractivity contribution in [2.75, 3.05) is 12.4 Å². The van der Waals surface area contributed by atoms with Crippen LogP contribution >= 0.6 is 0 Å². The first-order chi connectivity index (χ1) is 15.1. The zero-order valence-corrected chi connectivity index (χ0v) is 17.2. The Labute approximate surface area is 179 Å². The fraction of sp³-hybridized carbons (Fsp3) is 0.0800. The quantitative estimate of drug-likeness (QED) is 0.526. The molecule has 1 N–H and O–H groups in total. The van der Waals surface area contributed by atoms with Crippen molar-refractivity contribution < 1.29 is 9.53 Å². The van der Waals surface area contributed by atoms with Gasteiger partial charge in [-0.15, -0.1) is 0 Å². The second-order valence-electron chi connectivity index (χ2n) is 6.93. The van der Waals surface area contributed by atoms with Crippen molar-refractivity contribution >= 4 is 11.7 Å². The number of aryl methyl sites for hydroxylation is 1. The van der Waals surface area contributed by atoms with Gasteiger partial charge in [0.05, 0.1) is 18.4 Å². The van der Waals surface area contributed by atoms with E-state index in [4.69, 9.17) is 4.74 Å². The van der Waals surface area contributed by atoms with Gasteiger partial charge in [0.2, 0.25) is 5.43 Å². The van der Waals surface area contributed by atoms with Gasteiger partial charge in [0.15, 0.2) is 0 Å². The summed E-state index contributed by atoms with van der Waals surface area (Å²) in [6.45, 7) is 1.67. The highest BCUT2D eigenvalue weighted by molar-refractivity contribution is 6.05. The van der Waals surface area contributed by atoms with Gasteiger partial charge >= 0.3 is 0 Å². The lowest BCUT2D eigenvalue weighted by Crippen LogP contribution is -2.24. The number of benzene rings is 3. The smallest absolute Gasteiger partial charge is 0.256 e. The van der Waals surface area contributed by atoms with E-state index in [9.17, 15) is 9.59 Å². The third-order valence-corrected chi connectivity index (χ3v) is 4.90. The van der Waals surface area contributed by atoms with E-state index in [1.165, 1.54) is 0 Å². The van der Waals surface area contributed by atoms with Gasteiger partial charge in [-0.2, -0.15) is 5.10 Å². The van der Waals surface area contributed by atoms with Crippen LogP contribution in [0.2, 0.25) is 0 Å². The zero-order chi connectivity index (χ0) is 21.8. The number of hydrogen-bond donors (Lipinski definition) is 1. The Balaban J connectivity index is 1.90. The lowest BCUT2D eigenvalue weighted by Gasteiger charge is -2.18. The Kier molecular flexibility index (Phi) is 5.62. The first-order valence-electron chi connectivity index (χ1n) is 9.78. The summed E-state index contributed by atoms with van der Waals surface area (Å²) >= 11 is 0. The zero-order valence-electron chi connectivity index (χ0n) is 17.2. The summed E-state index contributed by atoms with van der Waals surface area (Å²) in [7, 11) is 1.57. The molecule has 0 saturated heterocycles. The summed E-state index contributed by atoms with van der Waals surface area (Å²) in [5.41, 5.74) is 2.36. The Morgan fingerprint density at radius 1 is 0.903 bits per heavy atom. The minimum absolute atomic E-state index is 0.233. The van der Waals surface area contributed by atoms with Crippen LogP contribution in [0.15, 0.2) is 89.7 Å². The second-order valence-corrected chi connectivity index (χ2v) is 6.93. The third kappa shape index (κ3) is 4.09. The first kappa shape index (κ1) is 20.1. The molecule has 0 saturated carbocycles. The van der Waals surface area contributed by atoms with Crippen LogP contribution in [-0.2, 0) is 0 Å². The lowest BCUT2D eigenvalue weighted by molar-refractivity contribution is 0.102. The number of para-hydroxylation sites is 1. The molecule has 1 aromatic heterocycles. The van der Waals surface area contributed by atoms with Crippen molar-refractivity contribution in [1.82, 2.24) is 9.78 Å². The average molecular weight is 411 g/mol. The molecule has 1 amide bonds. The van der Waals surface area contributed by atoms with Gasteiger partial charge in [-0.1, -0.05) is 48.5 Å². The van der Waals surface area contributed by atoms with Crippen molar-refractivity contribution in [3.05, 3.63) is 106 Å². The van der Waals surface area contributed by atoms with Crippen LogP contribution in [0.1, 0.15) is 16.1 Å². The van der Waals surface area contributed by atoms with E-state index in [-0.39, 0.29) is 11.3 Å². The third-order valence-electron chi connectivity index (χ3n) is 4.90. The van der Waals surface area contributed by atoms with Crippen molar-refractivity contribution in [2.24, 2.45) is 0 Å². The van der Waals surface area contributed by atoms with E-state index < -0.39 is 0 Å². The van der Waals surface area contributed by atoms with E-state index in [0.717, 1.165) is 5.69 Å².